The molecule has 7 atom stereocenters. The normalized spacial score (nSPS) is 22.4. The van der Waals surface area contributed by atoms with Crippen LogP contribution < -0.4 is 16.4 Å². The predicted octanol–water partition coefficient (Wildman–Crippen LogP) is -1.37. The third kappa shape index (κ3) is 12.8. The number of nitrogens with zero attached hydrogens (tertiary/aromatic N) is 4. The number of ether oxygens (including phenoxy) is 1. The molecule has 0 bridgehead atoms. The number of rotatable bonds is 20. The molecule has 10 N–H and O–H groups in total. The van der Waals surface area contributed by atoms with E-state index in [9.17, 15) is 62.3 Å². The number of imidazole rings is 1. The highest BCUT2D eigenvalue weighted by Crippen LogP contribution is 2.61. The number of phosphoric ester groups is 3. The van der Waals surface area contributed by atoms with Crippen molar-refractivity contribution >= 4 is 69.1 Å². The van der Waals surface area contributed by atoms with E-state index < -0.39 is 96.3 Å². The second-order valence-electron chi connectivity index (χ2n) is 11.4. The average Bonchev–Trinajstić information content (AvgIpc) is 3.60. The van der Waals surface area contributed by atoms with E-state index in [0.29, 0.717) is 11.8 Å². The first-order chi connectivity index (χ1) is 24.1. The van der Waals surface area contributed by atoms with Crippen LogP contribution in [0.15, 0.2) is 12.7 Å². The number of nitrogens with one attached hydrogen (secondary N) is 2. The van der Waals surface area contributed by atoms with Crippen molar-refractivity contribution in [3.8, 4) is 0 Å². The van der Waals surface area contributed by atoms with Gasteiger partial charge in [0.2, 0.25) is 16.9 Å². The Hall–Kier alpha value is -2.51. The standard InChI is InChI=1S/C23H37FN7O17P3S/c1-23(2,18(35)21(36)27-4-3-13(32)26-5-6-52-14(33)7-24)9-45-51(42,43)48-50(40,41)44-8-12-17(47-49(37,38)39)16(34)22(46-12)31-11-30-15-19(25)28-10-29-20(15)31/h10-12,16-18,22,34-35H,3-9H2,1-2H3,(H,26,32)(H,27,36)(H,40,41)(H,42,43)(H2,25,28,29)(H2,37,38,39)/i24-1. The highest BCUT2D eigenvalue weighted by molar-refractivity contribution is 8.13. The quantitative estimate of drug-likeness (QED) is 0.0549. The Morgan fingerprint density at radius 1 is 1.10 bits per heavy atom. The van der Waals surface area contributed by atoms with Crippen molar-refractivity contribution in [2.24, 2.45) is 5.41 Å². The summed E-state index contributed by atoms with van der Waals surface area (Å²) in [6.45, 7) is -0.928. The van der Waals surface area contributed by atoms with Crippen molar-refractivity contribution in [2.45, 2.75) is 50.9 Å². The van der Waals surface area contributed by atoms with Crippen LogP contribution >= 0.6 is 35.2 Å². The van der Waals surface area contributed by atoms with Gasteiger partial charge in [0, 0.05) is 30.7 Å². The van der Waals surface area contributed by atoms with E-state index in [4.69, 9.17) is 19.5 Å². The molecular formula is C23H37FN7O17P3S. The van der Waals surface area contributed by atoms with Crippen molar-refractivity contribution < 1.29 is 84.9 Å². The molecule has 0 radical (unpaired) electrons. The molecule has 2 aromatic heterocycles. The number of carbonyl (C=O) groups excluding carboxylic acids is 3. The molecule has 0 saturated carbocycles. The number of hydrogen-bond acceptors (Lipinski definition) is 18. The molecule has 2 aromatic rings. The molecule has 0 spiro atoms. The summed E-state index contributed by atoms with van der Waals surface area (Å²) in [5.41, 5.74) is 4.21. The number of aliphatic hydroxyl groups excluding tert-OH is 2. The van der Waals surface area contributed by atoms with E-state index in [1.165, 1.54) is 13.8 Å². The smallest absolute Gasteiger partial charge is 0.386 e. The Balaban J connectivity index is 1.54. The Morgan fingerprint density at radius 2 is 1.77 bits per heavy atom. The lowest BCUT2D eigenvalue weighted by molar-refractivity contribution is -0.137. The number of aromatic nitrogens is 4. The summed E-state index contributed by atoms with van der Waals surface area (Å²) in [6.07, 6.45) is -7.05. The number of hydrogen-bond donors (Lipinski definition) is 9. The minimum absolute atomic E-state index is 0.0224. The highest BCUT2D eigenvalue weighted by Gasteiger charge is 2.50. The van der Waals surface area contributed by atoms with Gasteiger partial charge >= 0.3 is 23.5 Å². The molecule has 3 rings (SSSR count). The van der Waals surface area contributed by atoms with Gasteiger partial charge in [-0.3, -0.25) is 32.5 Å². The Morgan fingerprint density at radius 3 is 2.42 bits per heavy atom. The number of fused-ring (bicyclic) bond motifs is 1. The first-order valence-electron chi connectivity index (χ1n) is 14.7. The number of phosphoric acid groups is 3. The number of anilines is 1. The van der Waals surface area contributed by atoms with E-state index in [2.05, 4.69) is 34.4 Å². The van der Waals surface area contributed by atoms with Gasteiger partial charge in [-0.15, -0.1) is 0 Å². The van der Waals surface area contributed by atoms with E-state index in [1.807, 2.05) is 0 Å². The number of aliphatic hydroxyl groups is 2. The topological polar surface area (TPSA) is 364 Å². The van der Waals surface area contributed by atoms with Crippen molar-refractivity contribution in [1.82, 2.24) is 30.2 Å². The molecule has 52 heavy (non-hydrogen) atoms. The van der Waals surface area contributed by atoms with Gasteiger partial charge in [0.25, 0.3) is 0 Å². The fourth-order valence-electron chi connectivity index (χ4n) is 4.33. The van der Waals surface area contributed by atoms with Crippen molar-refractivity contribution in [3.05, 3.63) is 12.7 Å². The van der Waals surface area contributed by atoms with Gasteiger partial charge in [0.05, 0.1) is 19.5 Å². The fraction of sp³-hybridized carbons (Fsp3) is 0.652. The van der Waals surface area contributed by atoms with Crippen molar-refractivity contribution in [1.29, 1.82) is 0 Å². The van der Waals surface area contributed by atoms with Crippen molar-refractivity contribution in [2.75, 3.05) is 44.5 Å². The average molecular weight is 827 g/mol. The van der Waals surface area contributed by atoms with Crippen LogP contribution in [0.4, 0.5) is 10.2 Å². The third-order valence-electron chi connectivity index (χ3n) is 6.87. The number of alkyl halides is 1. The van der Waals surface area contributed by atoms with Crippen LogP contribution in [-0.4, -0.2) is 129 Å². The summed E-state index contributed by atoms with van der Waals surface area (Å²) < 4.78 is 73.9. The minimum Gasteiger partial charge on any atom is -0.386 e. The zero-order valence-electron chi connectivity index (χ0n) is 27.2. The van der Waals surface area contributed by atoms with E-state index >= 15 is 0 Å². The molecular weight excluding hydrogens is 789 g/mol. The lowest BCUT2D eigenvalue weighted by Gasteiger charge is -2.30. The van der Waals surface area contributed by atoms with Gasteiger partial charge in [-0.1, -0.05) is 25.6 Å². The highest BCUT2D eigenvalue weighted by atomic mass is 32.2. The van der Waals surface area contributed by atoms with E-state index in [0.717, 1.165) is 17.2 Å². The zero-order valence-corrected chi connectivity index (χ0v) is 30.7. The summed E-state index contributed by atoms with van der Waals surface area (Å²) >= 11 is 0.695. The predicted molar refractivity (Wildman–Crippen MR) is 173 cm³/mol. The second kappa shape index (κ2) is 18.2. The number of nitrogen functional groups attached to an aromatic ring is 1. The maximum atomic E-state index is 12.6. The number of carbonyl (C=O) groups is 3. The molecule has 294 valence electrons. The minimum atomic E-state index is -5.58. The van der Waals surface area contributed by atoms with Crippen LogP contribution in [0.1, 0.15) is 26.5 Å². The molecule has 24 nitrogen and oxygen atoms in total. The molecule has 29 heteroatoms. The monoisotopic (exact) mass is 826 g/mol. The van der Waals surface area contributed by atoms with Crippen LogP contribution in [0.25, 0.3) is 11.2 Å². The molecule has 0 aromatic carbocycles. The molecule has 1 aliphatic heterocycles. The van der Waals surface area contributed by atoms with Gasteiger partial charge in [0.1, 0.15) is 36.3 Å². The van der Waals surface area contributed by atoms with E-state index in [-0.39, 0.29) is 42.2 Å². The van der Waals surface area contributed by atoms with Gasteiger partial charge in [-0.05, 0) is 0 Å². The Kier molecular flexibility index (Phi) is 15.4. The fourth-order valence-corrected chi connectivity index (χ4v) is 7.67. The van der Waals surface area contributed by atoms with Gasteiger partial charge in [-0.2, -0.15) is 4.31 Å². The summed E-state index contributed by atoms with van der Waals surface area (Å²) in [5, 5.41) is 25.3. The first-order valence-corrected chi connectivity index (χ1v) is 20.2. The number of amides is 2. The van der Waals surface area contributed by atoms with E-state index in [1.54, 1.807) is 0 Å². The van der Waals surface area contributed by atoms with Crippen LogP contribution in [0.3, 0.4) is 0 Å². The molecule has 2 amide bonds. The Labute approximate surface area is 297 Å². The molecule has 1 fully saturated rings. The van der Waals surface area contributed by atoms with Crippen LogP contribution in [0, 0.1) is 5.41 Å². The maximum Gasteiger partial charge on any atom is 0.481 e. The zero-order chi connectivity index (χ0) is 39.1. The molecule has 3 heterocycles. The van der Waals surface area contributed by atoms with Crippen LogP contribution in [-0.2, 0) is 50.7 Å². The third-order valence-corrected chi connectivity index (χ3v) is 10.8. The molecule has 1 aliphatic rings. The molecule has 7 unspecified atom stereocenters. The summed E-state index contributed by atoms with van der Waals surface area (Å²) in [4.78, 5) is 85.9. The largest absolute Gasteiger partial charge is 0.481 e. The van der Waals surface area contributed by atoms with Crippen molar-refractivity contribution in [3.63, 3.8) is 0 Å². The van der Waals surface area contributed by atoms with Gasteiger partial charge in [0.15, 0.2) is 24.4 Å². The van der Waals surface area contributed by atoms with Gasteiger partial charge < -0.3 is 50.9 Å². The molecule has 0 aliphatic carbocycles. The number of halogens is 1. The first kappa shape index (κ1) is 43.9. The van der Waals surface area contributed by atoms with Crippen LogP contribution in [0.2, 0.25) is 0 Å². The second-order valence-corrected chi connectivity index (χ2v) is 16.8. The van der Waals surface area contributed by atoms with Crippen LogP contribution in [0.5, 0.6) is 0 Å². The SMILES string of the molecule is CC(C)(COP(=O)(O)OP(=O)(O)OCC1OC(n2cnc3c(N)ncnc32)C(O)C1OP(=O)(O)O)C(O)C(=O)NCCC(=O)NCCSC(=O)C[18F]. The lowest BCUT2D eigenvalue weighted by atomic mass is 9.87. The summed E-state index contributed by atoms with van der Waals surface area (Å²) in [7, 11) is -16.4. The summed E-state index contributed by atoms with van der Waals surface area (Å²) in [6, 6.07) is 0. The summed E-state index contributed by atoms with van der Waals surface area (Å²) in [5.74, 6) is -1.45. The Bertz CT molecular complexity index is 1730. The van der Waals surface area contributed by atoms with Gasteiger partial charge in [-0.25, -0.2) is 33.0 Å². The number of nitrogens with two attached hydrogens (primary N) is 1. The number of thioether (sulfide) groups is 1. The lowest BCUT2D eigenvalue weighted by Crippen LogP contribution is -2.46. The molecule has 1 saturated heterocycles. The maximum absolute atomic E-state index is 12.6.